The first-order valence-electron chi connectivity index (χ1n) is 15.6. The van der Waals surface area contributed by atoms with Crippen LogP contribution in [0.5, 0.6) is 10.9 Å². The number of carbonyl (C=O) groups is 2. The monoisotopic (exact) mass is 653 g/mol. The summed E-state index contributed by atoms with van der Waals surface area (Å²) in [5.41, 5.74) is 4.33. The van der Waals surface area contributed by atoms with E-state index in [1.807, 2.05) is 23.1 Å². The molecule has 0 spiro atoms. The summed E-state index contributed by atoms with van der Waals surface area (Å²) in [6.07, 6.45) is 9.04. The van der Waals surface area contributed by atoms with E-state index in [1.165, 1.54) is 16.9 Å². The Morgan fingerprint density at radius 2 is 1.67 bits per heavy atom. The summed E-state index contributed by atoms with van der Waals surface area (Å²) >= 11 is 1.46. The normalized spacial score (nSPS) is 22.0. The highest BCUT2D eigenvalue weighted by Gasteiger charge is 2.35. The number of nitrogens with zero attached hydrogens (tertiary/aromatic N) is 2. The maximum absolute atomic E-state index is 14.2. The number of aryl methyl sites for hydroxylation is 1. The van der Waals surface area contributed by atoms with Crippen molar-refractivity contribution in [2.45, 2.75) is 64.2 Å². The number of hydrogen-bond acceptors (Lipinski definition) is 8. The molecule has 2 aromatic carbocycles. The average Bonchev–Trinajstić information content (AvgIpc) is 3.53. The third kappa shape index (κ3) is 8.24. The fourth-order valence-corrected chi connectivity index (χ4v) is 8.08. The predicted molar refractivity (Wildman–Crippen MR) is 177 cm³/mol. The SMILES string of the molecule is COc1ncc(-c2cccc(N(CC3CCC(c4ccc(OC)c(C)c4)CC3)C(=O)C3CCC(C(=O)NS(C)(=O)=O)CC3)c2)s1. The van der Waals surface area contributed by atoms with Gasteiger partial charge in [0.25, 0.3) is 5.19 Å². The van der Waals surface area contributed by atoms with Gasteiger partial charge in [-0.2, -0.15) is 0 Å². The molecule has 0 saturated heterocycles. The summed E-state index contributed by atoms with van der Waals surface area (Å²) in [5, 5.41) is 0.587. The van der Waals surface area contributed by atoms with Crippen LogP contribution in [0.15, 0.2) is 48.7 Å². The first kappa shape index (κ1) is 32.9. The van der Waals surface area contributed by atoms with Crippen molar-refractivity contribution in [3.8, 4) is 21.4 Å². The fourth-order valence-electron chi connectivity index (χ4n) is 6.82. The highest BCUT2D eigenvalue weighted by atomic mass is 32.2. The Labute approximate surface area is 270 Å². The number of sulfonamides is 1. The van der Waals surface area contributed by atoms with Gasteiger partial charge in [0, 0.05) is 30.3 Å². The molecule has 5 rings (SSSR count). The number of aromatic nitrogens is 1. The number of amides is 2. The number of carbonyl (C=O) groups excluding carboxylic acids is 2. The van der Waals surface area contributed by atoms with Crippen molar-refractivity contribution >= 4 is 38.9 Å². The highest BCUT2D eigenvalue weighted by molar-refractivity contribution is 7.89. The summed E-state index contributed by atoms with van der Waals surface area (Å²) in [6.45, 7) is 2.72. The van der Waals surface area contributed by atoms with Crippen LogP contribution < -0.4 is 19.1 Å². The molecule has 2 fully saturated rings. The van der Waals surface area contributed by atoms with Crippen molar-refractivity contribution in [2.24, 2.45) is 17.8 Å². The number of methoxy groups -OCH3 is 2. The van der Waals surface area contributed by atoms with E-state index in [9.17, 15) is 18.0 Å². The largest absolute Gasteiger partial charge is 0.496 e. The Kier molecular flexibility index (Phi) is 10.5. The molecule has 0 atom stereocenters. The minimum absolute atomic E-state index is 0.0731. The van der Waals surface area contributed by atoms with Crippen molar-refractivity contribution in [1.82, 2.24) is 9.71 Å². The molecule has 0 bridgehead atoms. The van der Waals surface area contributed by atoms with Crippen molar-refractivity contribution < 1.29 is 27.5 Å². The zero-order valence-corrected chi connectivity index (χ0v) is 28.1. The van der Waals surface area contributed by atoms with Crippen LogP contribution in [0, 0.1) is 24.7 Å². The number of anilines is 1. The molecule has 2 aliphatic rings. The van der Waals surface area contributed by atoms with Crippen LogP contribution in [0.4, 0.5) is 5.69 Å². The van der Waals surface area contributed by atoms with E-state index in [-0.39, 0.29) is 11.8 Å². The molecule has 0 unspecified atom stereocenters. The number of rotatable bonds is 10. The second-order valence-electron chi connectivity index (χ2n) is 12.4. The smallest absolute Gasteiger partial charge is 0.273 e. The van der Waals surface area contributed by atoms with Gasteiger partial charge in [-0.05, 0) is 105 Å². The van der Waals surface area contributed by atoms with E-state index in [0.29, 0.717) is 49.3 Å². The number of ether oxygens (including phenoxy) is 2. The minimum atomic E-state index is -3.61. The van der Waals surface area contributed by atoms with Gasteiger partial charge in [0.2, 0.25) is 21.8 Å². The minimum Gasteiger partial charge on any atom is -0.496 e. The molecule has 2 saturated carbocycles. The van der Waals surface area contributed by atoms with E-state index >= 15 is 0 Å². The molecule has 2 amide bonds. The van der Waals surface area contributed by atoms with E-state index in [1.54, 1.807) is 20.4 Å². The van der Waals surface area contributed by atoms with Crippen molar-refractivity contribution in [2.75, 3.05) is 31.9 Å². The quantitative estimate of drug-likeness (QED) is 0.272. The van der Waals surface area contributed by atoms with Crippen LogP contribution in [0.1, 0.15) is 68.4 Å². The zero-order valence-electron chi connectivity index (χ0n) is 26.5. The van der Waals surface area contributed by atoms with E-state index < -0.39 is 21.8 Å². The Bertz CT molecular complexity index is 1610. The van der Waals surface area contributed by atoms with Crippen molar-refractivity contribution in [1.29, 1.82) is 0 Å². The van der Waals surface area contributed by atoms with Gasteiger partial charge < -0.3 is 14.4 Å². The molecule has 1 heterocycles. The van der Waals surface area contributed by atoms with Crippen LogP contribution in [0.2, 0.25) is 0 Å². The van der Waals surface area contributed by atoms with Crippen LogP contribution in [0.3, 0.4) is 0 Å². The molecule has 1 N–H and O–H groups in total. The molecular weight excluding hydrogens is 611 g/mol. The number of benzene rings is 2. The fraction of sp³-hybridized carbons (Fsp3) is 0.500. The average molecular weight is 654 g/mol. The van der Waals surface area contributed by atoms with E-state index in [4.69, 9.17) is 9.47 Å². The van der Waals surface area contributed by atoms with Crippen LogP contribution in [-0.2, 0) is 19.6 Å². The molecule has 45 heavy (non-hydrogen) atoms. The maximum Gasteiger partial charge on any atom is 0.273 e. The third-order valence-corrected chi connectivity index (χ3v) is 10.9. The van der Waals surface area contributed by atoms with Crippen LogP contribution in [-0.4, -0.2) is 52.2 Å². The van der Waals surface area contributed by atoms with Gasteiger partial charge in [-0.25, -0.2) is 13.4 Å². The van der Waals surface area contributed by atoms with Gasteiger partial charge in [-0.1, -0.05) is 35.6 Å². The number of nitrogens with one attached hydrogen (secondary N) is 1. The van der Waals surface area contributed by atoms with Gasteiger partial charge >= 0.3 is 0 Å². The van der Waals surface area contributed by atoms with Gasteiger partial charge in [0.1, 0.15) is 5.75 Å². The molecule has 11 heteroatoms. The number of thiazole rings is 1. The molecule has 242 valence electrons. The van der Waals surface area contributed by atoms with Crippen LogP contribution in [0.25, 0.3) is 10.4 Å². The predicted octanol–water partition coefficient (Wildman–Crippen LogP) is 6.32. The second-order valence-corrected chi connectivity index (χ2v) is 15.2. The summed E-state index contributed by atoms with van der Waals surface area (Å²) in [6, 6.07) is 14.5. The van der Waals surface area contributed by atoms with Crippen molar-refractivity contribution in [3.05, 3.63) is 59.8 Å². The lowest BCUT2D eigenvalue weighted by molar-refractivity contribution is -0.128. The Morgan fingerprint density at radius 1 is 0.956 bits per heavy atom. The van der Waals surface area contributed by atoms with Crippen LogP contribution >= 0.6 is 11.3 Å². The Hall–Kier alpha value is -3.44. The first-order chi connectivity index (χ1) is 21.5. The van der Waals surface area contributed by atoms with E-state index in [0.717, 1.165) is 59.4 Å². The lowest BCUT2D eigenvalue weighted by atomic mass is 9.77. The molecule has 0 aliphatic heterocycles. The molecular formula is C34H43N3O6S2. The lowest BCUT2D eigenvalue weighted by Gasteiger charge is -2.36. The molecule has 9 nitrogen and oxygen atoms in total. The number of hydrogen-bond donors (Lipinski definition) is 1. The third-order valence-electron chi connectivity index (χ3n) is 9.28. The summed E-state index contributed by atoms with van der Waals surface area (Å²) in [4.78, 5) is 34.0. The van der Waals surface area contributed by atoms with E-state index in [2.05, 4.69) is 40.9 Å². The van der Waals surface area contributed by atoms with Gasteiger partial charge in [-0.15, -0.1) is 0 Å². The molecule has 2 aliphatic carbocycles. The first-order valence-corrected chi connectivity index (χ1v) is 18.3. The Morgan fingerprint density at radius 3 is 2.29 bits per heavy atom. The van der Waals surface area contributed by atoms with Crippen molar-refractivity contribution in [3.63, 3.8) is 0 Å². The second kappa shape index (κ2) is 14.3. The summed E-state index contributed by atoms with van der Waals surface area (Å²) < 4.78 is 36.0. The maximum atomic E-state index is 14.2. The Balaban J connectivity index is 1.32. The molecule has 0 radical (unpaired) electrons. The lowest BCUT2D eigenvalue weighted by Crippen LogP contribution is -2.43. The van der Waals surface area contributed by atoms with Gasteiger partial charge in [-0.3, -0.25) is 14.3 Å². The highest BCUT2D eigenvalue weighted by Crippen LogP contribution is 2.40. The zero-order chi connectivity index (χ0) is 32.1. The molecule has 3 aromatic rings. The topological polar surface area (TPSA) is 115 Å². The summed E-state index contributed by atoms with van der Waals surface area (Å²) in [5.74, 6) is 0.740. The van der Waals surface area contributed by atoms with Gasteiger partial charge in [0.05, 0.1) is 25.4 Å². The summed E-state index contributed by atoms with van der Waals surface area (Å²) in [7, 11) is -0.314. The van der Waals surface area contributed by atoms with Gasteiger partial charge in [0.15, 0.2) is 0 Å². The standard InChI is InChI=1S/C34H43N3O6S2/c1-22-18-27(16-17-30(22)42-2)24-10-8-23(9-11-24)21-37(29-7-5-6-28(19-29)31-20-35-34(43-3)44-31)33(39)26-14-12-25(13-15-26)32(38)36-45(4,40)41/h5-7,16-20,23-26H,8-15,21H2,1-4H3,(H,36,38). The molecule has 1 aromatic heterocycles.